The summed E-state index contributed by atoms with van der Waals surface area (Å²) in [5, 5.41) is 2.01. The standard InChI is InChI=1S/C24H26Cl2N6O5S/c1-30(2)22-18(26)10-15(12-29-22)32(38(35)36)19-5-7-31(23(19)33)20(24(34)37-3)9-14-8-13-4-6-28-21(27)16(13)11-17(14)25/h4,6,8,10-12,19-20,38H,5,7,9H2,1-3H3,(H2,27,28)/t19-,20+/m0/s1. The van der Waals surface area contributed by atoms with Crippen molar-refractivity contribution in [3.63, 3.8) is 0 Å². The Balaban J connectivity index is 1.65. The first-order chi connectivity index (χ1) is 18.0. The van der Waals surface area contributed by atoms with Crippen LogP contribution < -0.4 is 14.9 Å². The second-order valence-electron chi connectivity index (χ2n) is 8.92. The number of aromatic nitrogens is 2. The summed E-state index contributed by atoms with van der Waals surface area (Å²) in [5.41, 5.74) is 6.69. The first kappa shape index (κ1) is 27.7. The molecule has 1 saturated heterocycles. The number of fused-ring (bicyclic) bond motifs is 1. The van der Waals surface area contributed by atoms with E-state index in [1.54, 1.807) is 43.4 Å². The van der Waals surface area contributed by atoms with E-state index in [1.807, 2.05) is 0 Å². The largest absolute Gasteiger partial charge is 0.467 e. The van der Waals surface area contributed by atoms with E-state index in [1.165, 1.54) is 24.3 Å². The predicted octanol–water partition coefficient (Wildman–Crippen LogP) is 2.30. The van der Waals surface area contributed by atoms with Crippen LogP contribution in [0.1, 0.15) is 12.0 Å². The monoisotopic (exact) mass is 580 g/mol. The zero-order chi connectivity index (χ0) is 27.7. The third-order valence-electron chi connectivity index (χ3n) is 6.40. The molecule has 3 aromatic rings. The topological polar surface area (TPSA) is 139 Å². The quantitative estimate of drug-likeness (QED) is 0.303. The molecule has 1 aromatic carbocycles. The lowest BCUT2D eigenvalue weighted by Crippen LogP contribution is -2.48. The van der Waals surface area contributed by atoms with Gasteiger partial charge in [-0.05, 0) is 41.6 Å². The van der Waals surface area contributed by atoms with Crippen LogP contribution in [-0.2, 0) is 31.6 Å². The summed E-state index contributed by atoms with van der Waals surface area (Å²) in [5.74, 6) is -0.426. The van der Waals surface area contributed by atoms with Gasteiger partial charge in [0.15, 0.2) is 0 Å². The zero-order valence-electron chi connectivity index (χ0n) is 20.8. The molecule has 2 aromatic heterocycles. The van der Waals surface area contributed by atoms with Crippen LogP contribution in [-0.4, -0.2) is 75.0 Å². The van der Waals surface area contributed by atoms with Crippen LogP contribution in [0.25, 0.3) is 10.8 Å². The number of methoxy groups -OCH3 is 1. The van der Waals surface area contributed by atoms with E-state index in [4.69, 9.17) is 33.7 Å². The molecule has 0 saturated carbocycles. The van der Waals surface area contributed by atoms with E-state index >= 15 is 0 Å². The van der Waals surface area contributed by atoms with Crippen molar-refractivity contribution in [3.8, 4) is 0 Å². The van der Waals surface area contributed by atoms with Crippen LogP contribution in [0.5, 0.6) is 0 Å². The van der Waals surface area contributed by atoms with Gasteiger partial charge in [0.1, 0.15) is 23.7 Å². The van der Waals surface area contributed by atoms with Crippen molar-refractivity contribution in [2.24, 2.45) is 0 Å². The lowest BCUT2D eigenvalue weighted by molar-refractivity contribution is -0.151. The van der Waals surface area contributed by atoms with Crippen molar-refractivity contribution in [1.82, 2.24) is 14.9 Å². The van der Waals surface area contributed by atoms with Gasteiger partial charge in [-0.1, -0.05) is 23.2 Å². The summed E-state index contributed by atoms with van der Waals surface area (Å²) in [7, 11) is 1.49. The molecule has 14 heteroatoms. The van der Waals surface area contributed by atoms with Crippen LogP contribution >= 0.6 is 23.2 Å². The highest BCUT2D eigenvalue weighted by atomic mass is 35.5. The number of halogens is 2. The molecule has 1 amide bonds. The molecule has 0 spiro atoms. The Morgan fingerprint density at radius 2 is 1.97 bits per heavy atom. The van der Waals surface area contributed by atoms with E-state index < -0.39 is 34.9 Å². The van der Waals surface area contributed by atoms with Crippen LogP contribution in [0.3, 0.4) is 0 Å². The van der Waals surface area contributed by atoms with Gasteiger partial charge in [0.2, 0.25) is 16.8 Å². The average Bonchev–Trinajstić information content (AvgIpc) is 3.23. The summed E-state index contributed by atoms with van der Waals surface area (Å²) < 4.78 is 30.6. The van der Waals surface area contributed by atoms with Gasteiger partial charge in [0.25, 0.3) is 0 Å². The number of anilines is 3. The molecule has 1 fully saturated rings. The van der Waals surface area contributed by atoms with Crippen LogP contribution in [0.2, 0.25) is 10.0 Å². The predicted molar refractivity (Wildman–Crippen MR) is 147 cm³/mol. The van der Waals surface area contributed by atoms with Gasteiger partial charge in [-0.3, -0.25) is 9.10 Å². The Kier molecular flexibility index (Phi) is 8.14. The third kappa shape index (κ3) is 5.29. The Hall–Kier alpha value is -3.35. The van der Waals surface area contributed by atoms with Crippen molar-refractivity contribution in [2.75, 3.05) is 42.7 Å². The van der Waals surface area contributed by atoms with Gasteiger partial charge < -0.3 is 20.3 Å². The van der Waals surface area contributed by atoms with Gasteiger partial charge >= 0.3 is 5.97 Å². The summed E-state index contributed by atoms with van der Waals surface area (Å²) in [6.45, 7) is 0.127. The summed E-state index contributed by atoms with van der Waals surface area (Å²) in [4.78, 5) is 37.7. The number of nitrogens with zero attached hydrogens (tertiary/aromatic N) is 5. The van der Waals surface area contributed by atoms with Crippen molar-refractivity contribution in [3.05, 3.63) is 52.3 Å². The molecule has 1 aliphatic heterocycles. The van der Waals surface area contributed by atoms with Crippen molar-refractivity contribution in [1.29, 1.82) is 0 Å². The number of carbonyl (C=O) groups excluding carboxylic acids is 2. The normalized spacial score (nSPS) is 16.2. The molecule has 11 nitrogen and oxygen atoms in total. The molecule has 0 radical (unpaired) electrons. The number of thiol groups is 1. The molecule has 4 rings (SSSR count). The lowest BCUT2D eigenvalue weighted by atomic mass is 10.0. The molecular weight excluding hydrogens is 555 g/mol. The number of carbonyl (C=O) groups is 2. The first-order valence-electron chi connectivity index (χ1n) is 11.5. The maximum absolute atomic E-state index is 13.6. The molecule has 2 N–H and O–H groups in total. The number of nitrogen functional groups attached to an aromatic ring is 1. The highest BCUT2D eigenvalue weighted by Gasteiger charge is 2.43. The Morgan fingerprint density at radius 3 is 2.61 bits per heavy atom. The maximum atomic E-state index is 13.6. The van der Waals surface area contributed by atoms with E-state index in [9.17, 15) is 18.0 Å². The molecule has 202 valence electrons. The van der Waals surface area contributed by atoms with Gasteiger partial charge in [0.05, 0.1) is 24.0 Å². The summed E-state index contributed by atoms with van der Waals surface area (Å²) in [6, 6.07) is 4.54. The van der Waals surface area contributed by atoms with Crippen LogP contribution in [0.4, 0.5) is 17.3 Å². The minimum atomic E-state index is -3.23. The van der Waals surface area contributed by atoms with E-state index in [0.717, 1.165) is 9.69 Å². The number of amides is 1. The first-order valence-corrected chi connectivity index (χ1v) is 13.4. The van der Waals surface area contributed by atoms with Gasteiger partial charge in [-0.25, -0.2) is 23.2 Å². The molecule has 38 heavy (non-hydrogen) atoms. The smallest absolute Gasteiger partial charge is 0.328 e. The number of nitrogens with two attached hydrogens (primary N) is 1. The van der Waals surface area contributed by atoms with Crippen LogP contribution in [0, 0.1) is 0 Å². The average molecular weight is 581 g/mol. The van der Waals surface area contributed by atoms with Crippen LogP contribution in [0.15, 0.2) is 36.7 Å². The van der Waals surface area contributed by atoms with E-state index in [2.05, 4.69) is 9.97 Å². The molecule has 1 aliphatic rings. The van der Waals surface area contributed by atoms with Gasteiger partial charge in [0, 0.05) is 43.7 Å². The number of likely N-dealkylation sites (tertiary alicyclic amines) is 1. The fourth-order valence-corrected chi connectivity index (χ4v) is 5.88. The van der Waals surface area contributed by atoms with E-state index in [0.29, 0.717) is 27.6 Å². The van der Waals surface area contributed by atoms with Crippen molar-refractivity contribution in [2.45, 2.75) is 24.9 Å². The number of rotatable bonds is 8. The maximum Gasteiger partial charge on any atom is 0.328 e. The number of hydrogen-bond donors (Lipinski definition) is 2. The SMILES string of the molecule is COC(=O)[C@@H](Cc1cc2ccnc(N)c2cc1Cl)N1CC[C@H](N(c2cnc(N(C)C)c(Cl)c2)[SH](=O)=O)C1=O. The number of pyridine rings is 2. The lowest BCUT2D eigenvalue weighted by Gasteiger charge is -2.28. The number of esters is 1. The van der Waals surface area contributed by atoms with Gasteiger partial charge in [-0.15, -0.1) is 0 Å². The molecule has 0 unspecified atom stereocenters. The minimum Gasteiger partial charge on any atom is -0.467 e. The summed E-state index contributed by atoms with van der Waals surface area (Å²) in [6.07, 6.45) is 3.11. The zero-order valence-corrected chi connectivity index (χ0v) is 23.2. The van der Waals surface area contributed by atoms with E-state index in [-0.39, 0.29) is 30.1 Å². The fourth-order valence-electron chi connectivity index (χ4n) is 4.57. The Bertz CT molecular complexity index is 1480. The molecule has 2 atom stereocenters. The third-order valence-corrected chi connectivity index (χ3v) is 7.89. The highest BCUT2D eigenvalue weighted by molar-refractivity contribution is 7.74. The molecular formula is C24H26Cl2N6O5S. The number of benzene rings is 1. The second-order valence-corrected chi connectivity index (χ2v) is 10.6. The fraction of sp³-hybridized carbons (Fsp3) is 0.333. The molecule has 0 aliphatic carbocycles. The summed E-state index contributed by atoms with van der Waals surface area (Å²) >= 11 is 12.8. The molecule has 0 bridgehead atoms. The van der Waals surface area contributed by atoms with Crippen molar-refractivity contribution >= 4 is 74.1 Å². The Labute approximate surface area is 231 Å². The minimum absolute atomic E-state index is 0.0521. The molecule has 3 heterocycles. The second kappa shape index (κ2) is 11.2. The highest BCUT2D eigenvalue weighted by Crippen LogP contribution is 2.33. The Morgan fingerprint density at radius 1 is 1.24 bits per heavy atom. The van der Waals surface area contributed by atoms with Gasteiger partial charge in [-0.2, -0.15) is 0 Å². The number of ether oxygens (including phenoxy) is 1. The van der Waals surface area contributed by atoms with Crippen molar-refractivity contribution < 1.29 is 22.7 Å². The number of hydrogen-bond acceptors (Lipinski definition) is 9.